The van der Waals surface area contributed by atoms with E-state index in [1.54, 1.807) is 29.2 Å². The molecular weight excluding hydrogens is 404 g/mol. The highest BCUT2D eigenvalue weighted by Crippen LogP contribution is 2.45. The molecule has 1 saturated heterocycles. The van der Waals surface area contributed by atoms with Crippen molar-refractivity contribution in [1.29, 1.82) is 0 Å². The van der Waals surface area contributed by atoms with Gasteiger partial charge in [-0.05, 0) is 64.7 Å². The maximum atomic E-state index is 12.2. The van der Waals surface area contributed by atoms with Crippen LogP contribution in [0.1, 0.15) is 52.0 Å². The Morgan fingerprint density at radius 1 is 1.22 bits per heavy atom. The smallest absolute Gasteiger partial charge is 0.410 e. The zero-order valence-corrected chi connectivity index (χ0v) is 18.9. The number of aromatic nitrogens is 2. The minimum atomic E-state index is -0.462. The number of aromatic hydroxyl groups is 1. The van der Waals surface area contributed by atoms with Gasteiger partial charge in [0, 0.05) is 30.0 Å². The van der Waals surface area contributed by atoms with E-state index in [1.165, 1.54) is 0 Å². The van der Waals surface area contributed by atoms with Crippen molar-refractivity contribution in [3.63, 3.8) is 0 Å². The zero-order valence-electron chi connectivity index (χ0n) is 18.9. The van der Waals surface area contributed by atoms with Gasteiger partial charge in [-0.1, -0.05) is 24.0 Å². The van der Waals surface area contributed by atoms with Crippen LogP contribution in [0.2, 0.25) is 0 Å². The lowest BCUT2D eigenvalue weighted by atomic mass is 9.66. The maximum Gasteiger partial charge on any atom is 0.410 e. The molecule has 1 aromatic carbocycles. The first-order valence-electron chi connectivity index (χ1n) is 11.1. The number of carbonyl (C=O) groups is 1. The summed E-state index contributed by atoms with van der Waals surface area (Å²) in [6.07, 6.45) is 3.89. The number of para-hydroxylation sites is 1. The van der Waals surface area contributed by atoms with Gasteiger partial charge in [0.15, 0.2) is 5.82 Å². The van der Waals surface area contributed by atoms with Gasteiger partial charge in [0.05, 0.1) is 11.3 Å². The summed E-state index contributed by atoms with van der Waals surface area (Å²) in [6.45, 7) is 7.21. The summed E-state index contributed by atoms with van der Waals surface area (Å²) in [7, 11) is 0. The number of amides is 1. The van der Waals surface area contributed by atoms with Crippen molar-refractivity contribution in [1.82, 2.24) is 15.1 Å². The number of carbonyl (C=O) groups excluding carboxylic acids is 1. The lowest BCUT2D eigenvalue weighted by Gasteiger charge is -2.52. The van der Waals surface area contributed by atoms with E-state index in [0.29, 0.717) is 16.8 Å². The van der Waals surface area contributed by atoms with Crippen LogP contribution in [0, 0.1) is 23.2 Å². The summed E-state index contributed by atoms with van der Waals surface area (Å²) in [5.41, 5.74) is 7.51. The van der Waals surface area contributed by atoms with E-state index in [4.69, 9.17) is 10.5 Å². The third-order valence-corrected chi connectivity index (χ3v) is 6.16. The Labute approximate surface area is 189 Å². The Morgan fingerprint density at radius 3 is 2.56 bits per heavy atom. The quantitative estimate of drug-likeness (QED) is 0.652. The lowest BCUT2D eigenvalue weighted by molar-refractivity contribution is -0.0516. The van der Waals surface area contributed by atoms with Crippen LogP contribution >= 0.6 is 0 Å². The molecular formula is C25H30N4O3. The van der Waals surface area contributed by atoms with E-state index in [-0.39, 0.29) is 29.0 Å². The predicted molar refractivity (Wildman–Crippen MR) is 123 cm³/mol. The van der Waals surface area contributed by atoms with Crippen molar-refractivity contribution in [3.8, 4) is 28.8 Å². The first-order chi connectivity index (χ1) is 15.1. The Morgan fingerprint density at radius 2 is 1.91 bits per heavy atom. The van der Waals surface area contributed by atoms with Gasteiger partial charge in [-0.25, -0.2) is 4.79 Å². The van der Waals surface area contributed by atoms with Crippen LogP contribution in [0.3, 0.4) is 0 Å². The number of hydrogen-bond acceptors (Lipinski definition) is 6. The number of likely N-dealkylation sites (tertiary alicyclic amines) is 1. The third-order valence-electron chi connectivity index (χ3n) is 6.16. The van der Waals surface area contributed by atoms with E-state index < -0.39 is 5.60 Å². The molecule has 3 N–H and O–H groups in total. The topological polar surface area (TPSA) is 102 Å². The summed E-state index contributed by atoms with van der Waals surface area (Å²) in [4.78, 5) is 14.0. The fraction of sp³-hybridized carbons (Fsp3) is 0.480. The summed E-state index contributed by atoms with van der Waals surface area (Å²) >= 11 is 0. The first-order valence-corrected chi connectivity index (χ1v) is 11.1. The molecule has 32 heavy (non-hydrogen) atoms. The largest absolute Gasteiger partial charge is 0.507 e. The van der Waals surface area contributed by atoms with Crippen molar-refractivity contribution in [2.45, 2.75) is 52.1 Å². The van der Waals surface area contributed by atoms with E-state index in [1.807, 2.05) is 26.8 Å². The average Bonchev–Trinajstić information content (AvgIpc) is 2.71. The standard InChI is InChI=1S/C25H30N4O3/c1-24(2,3)32-23(31)29-15-25(16-29)12-10-17(11-13-25)8-9-18-14-20(27-28-22(18)26)19-6-4-5-7-21(19)30/h4-7,14,17,30H,10-13,15-16H2,1-3H3,(H2,26,28). The van der Waals surface area contributed by atoms with Crippen molar-refractivity contribution in [3.05, 3.63) is 35.9 Å². The number of ether oxygens (including phenoxy) is 1. The van der Waals surface area contributed by atoms with Crippen molar-refractivity contribution in [2.24, 2.45) is 11.3 Å². The minimum absolute atomic E-state index is 0.143. The summed E-state index contributed by atoms with van der Waals surface area (Å²) in [5.74, 6) is 7.26. The van der Waals surface area contributed by atoms with Crippen molar-refractivity contribution >= 4 is 11.9 Å². The normalized spacial score (nSPS) is 17.9. The molecule has 2 fully saturated rings. The predicted octanol–water partition coefficient (Wildman–Crippen LogP) is 4.21. The molecule has 1 aliphatic carbocycles. The molecule has 1 aliphatic heterocycles. The number of phenolic OH excluding ortho intramolecular Hbond substituents is 1. The van der Waals surface area contributed by atoms with Gasteiger partial charge in [-0.15, -0.1) is 10.2 Å². The van der Waals surface area contributed by atoms with Gasteiger partial charge in [0.1, 0.15) is 11.4 Å². The summed E-state index contributed by atoms with van der Waals surface area (Å²) in [6, 6.07) is 8.77. The highest BCUT2D eigenvalue weighted by molar-refractivity contribution is 5.70. The van der Waals surface area contributed by atoms with Crippen LogP contribution in [0.4, 0.5) is 10.6 Å². The Balaban J connectivity index is 1.36. The molecule has 0 unspecified atom stereocenters. The van der Waals surface area contributed by atoms with Crippen LogP contribution in [0.5, 0.6) is 5.75 Å². The molecule has 1 amide bonds. The Hall–Kier alpha value is -3.27. The monoisotopic (exact) mass is 434 g/mol. The third kappa shape index (κ3) is 4.80. The van der Waals surface area contributed by atoms with Gasteiger partial charge in [0.2, 0.25) is 0 Å². The molecule has 0 bridgehead atoms. The van der Waals surface area contributed by atoms with Crippen LogP contribution < -0.4 is 5.73 Å². The lowest BCUT2D eigenvalue weighted by Crippen LogP contribution is -2.60. The molecule has 7 heteroatoms. The van der Waals surface area contributed by atoms with Gasteiger partial charge in [-0.3, -0.25) is 0 Å². The molecule has 1 aromatic heterocycles. The average molecular weight is 435 g/mol. The summed E-state index contributed by atoms with van der Waals surface area (Å²) < 4.78 is 5.47. The minimum Gasteiger partial charge on any atom is -0.507 e. The maximum absolute atomic E-state index is 12.2. The van der Waals surface area contributed by atoms with Crippen LogP contribution in [-0.2, 0) is 4.74 Å². The van der Waals surface area contributed by atoms with Crippen molar-refractivity contribution in [2.75, 3.05) is 18.8 Å². The number of nitrogen functional groups attached to an aromatic ring is 1. The number of hydrogen-bond donors (Lipinski definition) is 2. The molecule has 7 nitrogen and oxygen atoms in total. The second-order valence-corrected chi connectivity index (χ2v) is 9.93. The van der Waals surface area contributed by atoms with Crippen LogP contribution in [0.25, 0.3) is 11.3 Å². The Bertz CT molecular complexity index is 1060. The Kier molecular flexibility index (Phi) is 5.72. The fourth-order valence-corrected chi connectivity index (χ4v) is 4.41. The van der Waals surface area contributed by atoms with E-state index in [9.17, 15) is 9.90 Å². The van der Waals surface area contributed by atoms with Crippen molar-refractivity contribution < 1.29 is 14.6 Å². The molecule has 2 aromatic rings. The molecule has 1 saturated carbocycles. The molecule has 4 rings (SSSR count). The van der Waals surface area contributed by atoms with E-state index in [0.717, 1.165) is 38.8 Å². The molecule has 0 atom stereocenters. The SMILES string of the molecule is CC(C)(C)OC(=O)N1CC2(CCC(C#Cc3cc(-c4ccccc4O)nnc3N)CC2)C1. The highest BCUT2D eigenvalue weighted by Gasteiger charge is 2.47. The zero-order chi connectivity index (χ0) is 22.9. The number of nitrogens with two attached hydrogens (primary N) is 1. The summed E-state index contributed by atoms with van der Waals surface area (Å²) in [5, 5.41) is 18.2. The van der Waals surface area contributed by atoms with E-state index >= 15 is 0 Å². The van der Waals surface area contributed by atoms with E-state index in [2.05, 4.69) is 22.0 Å². The second kappa shape index (κ2) is 8.34. The number of nitrogens with zero attached hydrogens (tertiary/aromatic N) is 3. The van der Waals surface area contributed by atoms with Gasteiger partial charge >= 0.3 is 6.09 Å². The molecule has 2 heterocycles. The molecule has 1 spiro atoms. The first kappa shape index (κ1) is 21.9. The number of anilines is 1. The number of rotatable bonds is 1. The second-order valence-electron chi connectivity index (χ2n) is 9.93. The van der Waals surface area contributed by atoms with Crippen LogP contribution in [-0.4, -0.2) is 45.0 Å². The molecule has 0 radical (unpaired) electrons. The highest BCUT2D eigenvalue weighted by atomic mass is 16.6. The molecule has 168 valence electrons. The number of phenols is 1. The van der Waals surface area contributed by atoms with Gasteiger partial charge < -0.3 is 20.5 Å². The van der Waals surface area contributed by atoms with Crippen LogP contribution in [0.15, 0.2) is 30.3 Å². The number of benzene rings is 1. The van der Waals surface area contributed by atoms with Gasteiger partial charge in [0.25, 0.3) is 0 Å². The fourth-order valence-electron chi connectivity index (χ4n) is 4.41. The molecule has 2 aliphatic rings. The van der Waals surface area contributed by atoms with Gasteiger partial charge in [-0.2, -0.15) is 0 Å².